The van der Waals surface area contributed by atoms with Crippen molar-refractivity contribution in [2.75, 3.05) is 11.1 Å². The lowest BCUT2D eigenvalue weighted by atomic mass is 10.2. The Morgan fingerprint density at radius 2 is 1.75 bits per heavy atom. The molecule has 5 nitrogen and oxygen atoms in total. The third-order valence-corrected chi connectivity index (χ3v) is 7.05. The number of benzene rings is 3. The normalized spacial score (nSPS) is 11.0. The van der Waals surface area contributed by atoms with Crippen molar-refractivity contribution in [3.8, 4) is 5.69 Å². The van der Waals surface area contributed by atoms with E-state index in [4.69, 9.17) is 11.6 Å². The van der Waals surface area contributed by atoms with E-state index in [1.165, 1.54) is 16.3 Å². The highest BCUT2D eigenvalue weighted by molar-refractivity contribution is 9.11. The van der Waals surface area contributed by atoms with Gasteiger partial charge in [-0.15, -0.1) is 0 Å². The highest BCUT2D eigenvalue weighted by Crippen LogP contribution is 2.32. The lowest BCUT2D eigenvalue weighted by Gasteiger charge is -2.14. The SMILES string of the molecule is Cc1cc(Br)c(NC(=O)CSc2nc3ccccc3c(=O)n2-c2ccc(Cl)cc2)c(Br)c1. The monoisotopic (exact) mass is 591 g/mol. The third kappa shape index (κ3) is 4.93. The summed E-state index contributed by atoms with van der Waals surface area (Å²) in [6.07, 6.45) is 0. The first kappa shape index (κ1) is 23.0. The van der Waals surface area contributed by atoms with Crippen molar-refractivity contribution < 1.29 is 4.79 Å². The highest BCUT2D eigenvalue weighted by atomic mass is 79.9. The summed E-state index contributed by atoms with van der Waals surface area (Å²) in [7, 11) is 0. The number of amides is 1. The maximum Gasteiger partial charge on any atom is 0.266 e. The molecule has 0 saturated carbocycles. The predicted molar refractivity (Wildman–Crippen MR) is 138 cm³/mol. The van der Waals surface area contributed by atoms with Crippen LogP contribution in [0.4, 0.5) is 5.69 Å². The largest absolute Gasteiger partial charge is 0.323 e. The average Bonchev–Trinajstić information content (AvgIpc) is 2.76. The lowest BCUT2D eigenvalue weighted by molar-refractivity contribution is -0.113. The molecule has 0 fully saturated rings. The van der Waals surface area contributed by atoms with Gasteiger partial charge in [-0.2, -0.15) is 0 Å². The first-order valence-corrected chi connectivity index (χ1v) is 12.4. The summed E-state index contributed by atoms with van der Waals surface area (Å²) in [5.74, 6) is -0.143. The number of nitrogens with one attached hydrogen (secondary N) is 1. The number of hydrogen-bond donors (Lipinski definition) is 1. The van der Waals surface area contributed by atoms with Crippen molar-refractivity contribution in [2.24, 2.45) is 0 Å². The van der Waals surface area contributed by atoms with Crippen LogP contribution in [-0.4, -0.2) is 21.2 Å². The van der Waals surface area contributed by atoms with Crippen LogP contribution in [-0.2, 0) is 4.79 Å². The molecule has 0 atom stereocenters. The van der Waals surface area contributed by atoms with Crippen molar-refractivity contribution >= 4 is 77.7 Å². The number of carbonyl (C=O) groups excluding carboxylic acids is 1. The summed E-state index contributed by atoms with van der Waals surface area (Å²) in [5, 5.41) is 4.40. The van der Waals surface area contributed by atoms with E-state index in [1.54, 1.807) is 42.5 Å². The summed E-state index contributed by atoms with van der Waals surface area (Å²) in [5.41, 5.74) is 2.72. The number of aryl methyl sites for hydroxylation is 1. The van der Waals surface area contributed by atoms with Gasteiger partial charge in [0.2, 0.25) is 5.91 Å². The van der Waals surface area contributed by atoms with E-state index in [9.17, 15) is 9.59 Å². The number of para-hydroxylation sites is 1. The third-order valence-electron chi connectivity index (χ3n) is 4.61. The zero-order chi connectivity index (χ0) is 22.8. The second-order valence-electron chi connectivity index (χ2n) is 6.97. The number of carbonyl (C=O) groups is 1. The Labute approximate surface area is 210 Å². The van der Waals surface area contributed by atoms with Gasteiger partial charge < -0.3 is 5.32 Å². The van der Waals surface area contributed by atoms with E-state index in [2.05, 4.69) is 42.2 Å². The number of nitrogens with zero attached hydrogens (tertiary/aromatic N) is 2. The van der Waals surface area contributed by atoms with E-state index in [0.717, 1.165) is 14.5 Å². The van der Waals surface area contributed by atoms with Crippen LogP contribution in [0.2, 0.25) is 5.02 Å². The van der Waals surface area contributed by atoms with Crippen molar-refractivity contribution in [1.82, 2.24) is 9.55 Å². The number of thioether (sulfide) groups is 1. The topological polar surface area (TPSA) is 64.0 Å². The number of anilines is 1. The van der Waals surface area contributed by atoms with Gasteiger partial charge in [0, 0.05) is 14.0 Å². The first-order chi connectivity index (χ1) is 15.3. The van der Waals surface area contributed by atoms with Gasteiger partial charge in [-0.25, -0.2) is 4.98 Å². The standard InChI is InChI=1S/C23H16Br2ClN3O2S/c1-13-10-17(24)21(18(25)11-13)28-20(30)12-32-23-27-19-5-3-2-4-16(19)22(31)29(23)15-8-6-14(26)7-9-15/h2-11H,12H2,1H3,(H,28,30). The Hall–Kier alpha value is -2.13. The minimum Gasteiger partial charge on any atom is -0.323 e. The fourth-order valence-electron chi connectivity index (χ4n) is 3.15. The van der Waals surface area contributed by atoms with Crippen LogP contribution in [0.1, 0.15) is 5.56 Å². The molecule has 1 aromatic heterocycles. The molecule has 0 aliphatic carbocycles. The second kappa shape index (κ2) is 9.79. The lowest BCUT2D eigenvalue weighted by Crippen LogP contribution is -2.23. The molecule has 162 valence electrons. The van der Waals surface area contributed by atoms with Crippen LogP contribution in [0.15, 0.2) is 79.6 Å². The zero-order valence-electron chi connectivity index (χ0n) is 16.7. The molecule has 0 radical (unpaired) electrons. The Morgan fingerprint density at radius 3 is 2.44 bits per heavy atom. The molecule has 1 heterocycles. The van der Waals surface area contributed by atoms with Gasteiger partial charge >= 0.3 is 0 Å². The van der Waals surface area contributed by atoms with E-state index in [-0.39, 0.29) is 17.2 Å². The molecule has 0 unspecified atom stereocenters. The van der Waals surface area contributed by atoms with Crippen LogP contribution >= 0.6 is 55.2 Å². The zero-order valence-corrected chi connectivity index (χ0v) is 21.5. The second-order valence-corrected chi connectivity index (χ2v) is 10.1. The molecule has 0 aliphatic heterocycles. The maximum absolute atomic E-state index is 13.3. The van der Waals surface area contributed by atoms with Crippen LogP contribution < -0.4 is 10.9 Å². The molecule has 4 rings (SSSR count). The number of fused-ring (bicyclic) bond motifs is 1. The smallest absolute Gasteiger partial charge is 0.266 e. The van der Waals surface area contributed by atoms with Crippen LogP contribution in [0.25, 0.3) is 16.6 Å². The minimum absolute atomic E-state index is 0.0745. The number of hydrogen-bond acceptors (Lipinski definition) is 4. The molecule has 0 saturated heterocycles. The Kier molecular flexibility index (Phi) is 7.05. The van der Waals surface area contributed by atoms with Gasteiger partial charge in [-0.05, 0) is 92.9 Å². The summed E-state index contributed by atoms with van der Waals surface area (Å²) < 4.78 is 3.07. The fraction of sp³-hybridized carbons (Fsp3) is 0.0870. The fourth-order valence-corrected chi connectivity index (χ4v) is 5.70. The molecule has 0 spiro atoms. The Morgan fingerprint density at radius 1 is 1.09 bits per heavy atom. The van der Waals surface area contributed by atoms with Gasteiger partial charge in [0.1, 0.15) is 0 Å². The van der Waals surface area contributed by atoms with Crippen LogP contribution in [0.3, 0.4) is 0 Å². The molecule has 1 N–H and O–H groups in total. The van der Waals surface area contributed by atoms with Crippen molar-refractivity contribution in [3.63, 3.8) is 0 Å². The van der Waals surface area contributed by atoms with Crippen LogP contribution in [0, 0.1) is 6.92 Å². The molecule has 32 heavy (non-hydrogen) atoms. The Balaban J connectivity index is 1.67. The van der Waals surface area contributed by atoms with Gasteiger partial charge in [0.05, 0.1) is 28.0 Å². The van der Waals surface area contributed by atoms with Gasteiger partial charge in [0.25, 0.3) is 5.56 Å². The van der Waals surface area contributed by atoms with E-state index in [1.807, 2.05) is 25.1 Å². The number of aromatic nitrogens is 2. The van der Waals surface area contributed by atoms with Crippen molar-refractivity contribution in [3.05, 3.63) is 90.5 Å². The maximum atomic E-state index is 13.3. The van der Waals surface area contributed by atoms with Gasteiger partial charge in [-0.3, -0.25) is 14.2 Å². The number of rotatable bonds is 5. The van der Waals surface area contributed by atoms with Gasteiger partial charge in [-0.1, -0.05) is 35.5 Å². The minimum atomic E-state index is -0.217. The van der Waals surface area contributed by atoms with Gasteiger partial charge in [0.15, 0.2) is 5.16 Å². The summed E-state index contributed by atoms with van der Waals surface area (Å²) in [6.45, 7) is 1.97. The molecule has 4 aromatic rings. The summed E-state index contributed by atoms with van der Waals surface area (Å²) in [4.78, 5) is 30.6. The van der Waals surface area contributed by atoms with E-state index >= 15 is 0 Å². The first-order valence-electron chi connectivity index (χ1n) is 9.49. The molecular formula is C23H16Br2ClN3O2S. The Bertz CT molecular complexity index is 1370. The molecule has 1 amide bonds. The molecule has 0 aliphatic rings. The van der Waals surface area contributed by atoms with Crippen molar-refractivity contribution in [1.29, 1.82) is 0 Å². The number of halogens is 3. The van der Waals surface area contributed by atoms with E-state index < -0.39 is 0 Å². The average molecular weight is 594 g/mol. The summed E-state index contributed by atoms with van der Waals surface area (Å²) >= 11 is 14.2. The quantitative estimate of drug-likeness (QED) is 0.209. The van der Waals surface area contributed by atoms with Crippen molar-refractivity contribution in [2.45, 2.75) is 12.1 Å². The predicted octanol–water partition coefficient (Wildman–Crippen LogP) is 6.60. The summed E-state index contributed by atoms with van der Waals surface area (Å²) in [6, 6.07) is 17.9. The van der Waals surface area contributed by atoms with Crippen LogP contribution in [0.5, 0.6) is 0 Å². The molecule has 3 aromatic carbocycles. The van der Waals surface area contributed by atoms with E-state index in [0.29, 0.717) is 32.5 Å². The highest BCUT2D eigenvalue weighted by Gasteiger charge is 2.16. The molecule has 0 bridgehead atoms. The molecular weight excluding hydrogens is 578 g/mol. The molecule has 9 heteroatoms.